The van der Waals surface area contributed by atoms with Gasteiger partial charge in [0.25, 0.3) is 0 Å². The number of nitrogens with zero attached hydrogens (tertiary/aromatic N) is 2. The van der Waals surface area contributed by atoms with Crippen molar-refractivity contribution in [3.63, 3.8) is 0 Å². The minimum atomic E-state index is -0.513. The molecule has 1 aliphatic heterocycles. The normalized spacial score (nSPS) is 19.3. The van der Waals surface area contributed by atoms with Crippen LogP contribution in [-0.4, -0.2) is 24.5 Å². The van der Waals surface area contributed by atoms with Gasteiger partial charge < -0.3 is 4.90 Å². The second-order valence-corrected chi connectivity index (χ2v) is 7.48. The van der Waals surface area contributed by atoms with E-state index in [2.05, 4.69) is 59.5 Å². The predicted octanol–water partition coefficient (Wildman–Crippen LogP) is 4.47. The minimum absolute atomic E-state index is 0.513. The van der Waals surface area contributed by atoms with Gasteiger partial charge in [0.2, 0.25) is 0 Å². The average Bonchev–Trinajstić information content (AvgIpc) is 2.83. The van der Waals surface area contributed by atoms with Crippen LogP contribution in [0.3, 0.4) is 0 Å². The van der Waals surface area contributed by atoms with Crippen molar-refractivity contribution < 1.29 is 0 Å². The lowest BCUT2D eigenvalue weighted by molar-refractivity contribution is 0.218. The van der Waals surface area contributed by atoms with Gasteiger partial charge >= 0.3 is 0 Å². The van der Waals surface area contributed by atoms with Gasteiger partial charge in [-0.05, 0) is 67.4 Å². The summed E-state index contributed by atoms with van der Waals surface area (Å²) in [4.78, 5) is 2.55. The molecule has 0 bridgehead atoms. The molecule has 2 aliphatic rings. The number of fused-ring (bicyclic) bond motifs is 2. The van der Waals surface area contributed by atoms with Crippen LogP contribution in [0.15, 0.2) is 48.5 Å². The number of benzene rings is 2. The molecule has 1 aliphatic carbocycles. The molecule has 2 aromatic rings. The van der Waals surface area contributed by atoms with Gasteiger partial charge in [-0.1, -0.05) is 55.0 Å². The fourth-order valence-corrected chi connectivity index (χ4v) is 4.68. The van der Waals surface area contributed by atoms with E-state index in [0.29, 0.717) is 0 Å². The van der Waals surface area contributed by atoms with Crippen molar-refractivity contribution in [1.29, 1.82) is 5.26 Å². The van der Waals surface area contributed by atoms with Crippen molar-refractivity contribution >= 4 is 0 Å². The van der Waals surface area contributed by atoms with Crippen LogP contribution in [0.2, 0.25) is 0 Å². The molecule has 0 N–H and O–H groups in total. The topological polar surface area (TPSA) is 27.0 Å². The molecular formula is C23H26N2. The number of hydrogen-bond donors (Lipinski definition) is 0. The summed E-state index contributed by atoms with van der Waals surface area (Å²) in [6, 6.07) is 20.0. The summed E-state index contributed by atoms with van der Waals surface area (Å²) in [6.07, 6.45) is 6.89. The molecule has 1 fully saturated rings. The highest BCUT2D eigenvalue weighted by atomic mass is 15.1. The second kappa shape index (κ2) is 7.02. The zero-order chi connectivity index (χ0) is 17.1. The zero-order valence-electron chi connectivity index (χ0n) is 14.9. The van der Waals surface area contributed by atoms with Crippen molar-refractivity contribution in [3.8, 4) is 6.07 Å². The van der Waals surface area contributed by atoms with Gasteiger partial charge in [0.05, 0.1) is 6.07 Å². The highest BCUT2D eigenvalue weighted by Gasteiger charge is 2.39. The van der Waals surface area contributed by atoms with E-state index in [0.717, 1.165) is 25.8 Å². The first-order valence-corrected chi connectivity index (χ1v) is 9.64. The molecule has 0 spiro atoms. The van der Waals surface area contributed by atoms with E-state index >= 15 is 0 Å². The van der Waals surface area contributed by atoms with Gasteiger partial charge in [-0.15, -0.1) is 0 Å². The molecule has 2 nitrogen and oxygen atoms in total. The lowest BCUT2D eigenvalue weighted by Gasteiger charge is -2.33. The number of likely N-dealkylation sites (tertiary alicyclic amines) is 1. The van der Waals surface area contributed by atoms with E-state index in [1.165, 1.54) is 54.6 Å². The molecule has 1 heterocycles. The lowest BCUT2D eigenvalue weighted by atomic mass is 9.71. The summed E-state index contributed by atoms with van der Waals surface area (Å²) < 4.78 is 0. The first kappa shape index (κ1) is 16.4. The standard InChI is InChI=1S/C23H26N2/c24-18-23(14-17-25-15-6-1-7-16-25)21-10-4-2-8-19(21)12-13-20-9-3-5-11-22(20)23/h2-5,8-11H,1,6-7,12-17H2. The molecule has 2 heteroatoms. The Kier molecular flexibility index (Phi) is 4.59. The fourth-order valence-electron chi connectivity index (χ4n) is 4.68. The maximum absolute atomic E-state index is 10.4. The van der Waals surface area contributed by atoms with E-state index < -0.39 is 5.41 Å². The molecule has 0 unspecified atom stereocenters. The van der Waals surface area contributed by atoms with E-state index in [1.807, 2.05) is 0 Å². The largest absolute Gasteiger partial charge is 0.303 e. The summed E-state index contributed by atoms with van der Waals surface area (Å²) in [5.41, 5.74) is 4.65. The maximum Gasteiger partial charge on any atom is 0.109 e. The molecule has 0 atom stereocenters. The van der Waals surface area contributed by atoms with Gasteiger partial charge in [-0.2, -0.15) is 5.26 Å². The molecule has 128 valence electrons. The van der Waals surface area contributed by atoms with Crippen molar-refractivity contribution in [2.24, 2.45) is 0 Å². The van der Waals surface area contributed by atoms with Gasteiger partial charge in [-0.3, -0.25) is 0 Å². The molecule has 1 saturated heterocycles. The summed E-state index contributed by atoms with van der Waals surface area (Å²) >= 11 is 0. The van der Waals surface area contributed by atoms with E-state index in [-0.39, 0.29) is 0 Å². The Morgan fingerprint density at radius 1 is 0.840 bits per heavy atom. The SMILES string of the molecule is N#CC1(CCN2CCCCC2)c2ccccc2CCc2ccccc21. The van der Waals surface area contributed by atoms with Crippen LogP contribution < -0.4 is 0 Å². The van der Waals surface area contributed by atoms with Crippen LogP contribution in [0.1, 0.15) is 47.9 Å². The third-order valence-corrected chi connectivity index (χ3v) is 6.06. The number of nitriles is 1. The van der Waals surface area contributed by atoms with E-state index in [4.69, 9.17) is 0 Å². The molecule has 0 aromatic heterocycles. The maximum atomic E-state index is 10.4. The van der Waals surface area contributed by atoms with E-state index in [1.54, 1.807) is 0 Å². The fraction of sp³-hybridized carbons (Fsp3) is 0.435. The highest BCUT2D eigenvalue weighted by Crippen LogP contribution is 2.42. The third-order valence-electron chi connectivity index (χ3n) is 6.06. The van der Waals surface area contributed by atoms with E-state index in [9.17, 15) is 5.26 Å². The average molecular weight is 330 g/mol. The van der Waals surface area contributed by atoms with Crippen LogP contribution >= 0.6 is 0 Å². The van der Waals surface area contributed by atoms with Gasteiger partial charge in [0.1, 0.15) is 5.41 Å². The van der Waals surface area contributed by atoms with Crippen LogP contribution in [0.4, 0.5) is 0 Å². The van der Waals surface area contributed by atoms with Crippen LogP contribution in [-0.2, 0) is 18.3 Å². The zero-order valence-corrected chi connectivity index (χ0v) is 14.9. The summed E-state index contributed by atoms with van der Waals surface area (Å²) in [7, 11) is 0. The van der Waals surface area contributed by atoms with Gasteiger partial charge in [-0.25, -0.2) is 0 Å². The molecule has 0 amide bonds. The molecule has 4 rings (SSSR count). The van der Waals surface area contributed by atoms with Crippen molar-refractivity contribution in [3.05, 3.63) is 70.8 Å². The summed E-state index contributed by atoms with van der Waals surface area (Å²) in [5.74, 6) is 0. The number of piperidine rings is 1. The molecule has 0 radical (unpaired) electrons. The summed E-state index contributed by atoms with van der Waals surface area (Å²) in [5, 5.41) is 10.4. The Balaban J connectivity index is 1.77. The van der Waals surface area contributed by atoms with Crippen molar-refractivity contribution in [2.75, 3.05) is 19.6 Å². The predicted molar refractivity (Wildman–Crippen MR) is 102 cm³/mol. The first-order valence-electron chi connectivity index (χ1n) is 9.64. The Hall–Kier alpha value is -2.11. The van der Waals surface area contributed by atoms with Gasteiger partial charge in [0, 0.05) is 6.54 Å². The number of rotatable bonds is 3. The van der Waals surface area contributed by atoms with Crippen molar-refractivity contribution in [2.45, 2.75) is 43.9 Å². The second-order valence-electron chi connectivity index (χ2n) is 7.48. The Morgan fingerprint density at radius 3 is 1.96 bits per heavy atom. The molecular weight excluding hydrogens is 304 g/mol. The minimum Gasteiger partial charge on any atom is -0.303 e. The molecule has 25 heavy (non-hydrogen) atoms. The Labute approximate surface area is 151 Å². The van der Waals surface area contributed by atoms with Crippen LogP contribution in [0.5, 0.6) is 0 Å². The number of aryl methyl sites for hydroxylation is 2. The Morgan fingerprint density at radius 2 is 1.40 bits per heavy atom. The quantitative estimate of drug-likeness (QED) is 0.830. The van der Waals surface area contributed by atoms with Gasteiger partial charge in [0.15, 0.2) is 0 Å². The first-order chi connectivity index (χ1) is 12.3. The number of hydrogen-bond acceptors (Lipinski definition) is 2. The van der Waals surface area contributed by atoms with Crippen LogP contribution in [0, 0.1) is 11.3 Å². The Bertz CT molecular complexity index is 733. The van der Waals surface area contributed by atoms with Crippen LogP contribution in [0.25, 0.3) is 0 Å². The molecule has 0 saturated carbocycles. The lowest BCUT2D eigenvalue weighted by Crippen LogP contribution is -2.36. The summed E-state index contributed by atoms with van der Waals surface area (Å²) in [6.45, 7) is 3.38. The third kappa shape index (κ3) is 2.98. The van der Waals surface area contributed by atoms with Crippen molar-refractivity contribution in [1.82, 2.24) is 4.90 Å². The highest BCUT2D eigenvalue weighted by molar-refractivity contribution is 5.54. The monoisotopic (exact) mass is 330 g/mol. The smallest absolute Gasteiger partial charge is 0.109 e. The molecule has 2 aromatic carbocycles.